The van der Waals surface area contributed by atoms with Crippen LogP contribution in [0, 0.1) is 45.3 Å². The minimum Gasteiger partial charge on any atom is -0.462 e. The van der Waals surface area contributed by atoms with Crippen LogP contribution in [0.1, 0.15) is 147 Å². The Kier molecular flexibility index (Phi) is 9.79. The zero-order valence-corrected chi connectivity index (χ0v) is 27.1. The van der Waals surface area contributed by atoms with Gasteiger partial charge in [-0.05, 0) is 105 Å². The first-order valence-corrected chi connectivity index (χ1v) is 16.2. The summed E-state index contributed by atoms with van der Waals surface area (Å²) in [5.74, 6) is 3.04. The SMILES string of the molecule is C/C=C\C.CC(=O)OC1CCC2(C)C3=C(CCC2C1(C)C)C1(C)CCC(C(C)CCCC(C)C)C1(C)CC3. The van der Waals surface area contributed by atoms with E-state index in [1.165, 1.54) is 64.2 Å². The van der Waals surface area contributed by atoms with Gasteiger partial charge in [-0.2, -0.15) is 0 Å². The number of rotatable bonds is 6. The van der Waals surface area contributed by atoms with Gasteiger partial charge < -0.3 is 4.74 Å². The second kappa shape index (κ2) is 11.8. The van der Waals surface area contributed by atoms with Crippen molar-refractivity contribution in [2.75, 3.05) is 0 Å². The highest BCUT2D eigenvalue weighted by molar-refractivity contribution is 5.66. The predicted molar refractivity (Wildman–Crippen MR) is 163 cm³/mol. The molecule has 0 N–H and O–H groups in total. The standard InChI is InChI=1S/C32H54O2.C4H8/c1-21(2)11-10-12-22(3)24-15-19-32(9)26-13-14-27-29(5,6)28(34-23(4)33)17-18-30(27,7)25(26)16-20-31(24,32)8;1-3-4-2/h21-22,24,27-28H,10-20H2,1-9H3;3-4H,1-2H3/b;4-3-. The fourth-order valence-electron chi connectivity index (χ4n) is 10.1. The molecule has 7 atom stereocenters. The molecule has 2 heteroatoms. The van der Waals surface area contributed by atoms with Gasteiger partial charge in [0, 0.05) is 12.3 Å². The topological polar surface area (TPSA) is 26.3 Å². The first-order chi connectivity index (χ1) is 17.7. The van der Waals surface area contributed by atoms with Crippen LogP contribution >= 0.6 is 0 Å². The van der Waals surface area contributed by atoms with Gasteiger partial charge >= 0.3 is 5.97 Å². The van der Waals surface area contributed by atoms with Gasteiger partial charge in [0.15, 0.2) is 0 Å². The maximum Gasteiger partial charge on any atom is 0.302 e. The lowest BCUT2D eigenvalue weighted by molar-refractivity contribution is -0.167. The van der Waals surface area contributed by atoms with E-state index in [-0.39, 0.29) is 22.9 Å². The van der Waals surface area contributed by atoms with Gasteiger partial charge in [-0.1, -0.05) is 98.0 Å². The van der Waals surface area contributed by atoms with E-state index < -0.39 is 0 Å². The van der Waals surface area contributed by atoms with E-state index in [0.717, 1.165) is 24.2 Å². The third-order valence-electron chi connectivity index (χ3n) is 12.5. The molecule has 4 rings (SSSR count). The molecular formula is C36H62O2. The van der Waals surface area contributed by atoms with Crippen LogP contribution in [0.4, 0.5) is 0 Å². The fourth-order valence-corrected chi connectivity index (χ4v) is 10.1. The number of carbonyl (C=O) groups is 1. The summed E-state index contributed by atoms with van der Waals surface area (Å²) < 4.78 is 5.87. The average molecular weight is 527 g/mol. The van der Waals surface area contributed by atoms with Crippen molar-refractivity contribution in [2.45, 2.75) is 153 Å². The molecule has 0 heterocycles. The smallest absolute Gasteiger partial charge is 0.302 e. The summed E-state index contributed by atoms with van der Waals surface area (Å²) in [4.78, 5) is 11.8. The molecule has 0 spiro atoms. The van der Waals surface area contributed by atoms with Crippen LogP contribution in [0.5, 0.6) is 0 Å². The number of hydrogen-bond acceptors (Lipinski definition) is 2. The lowest BCUT2D eigenvalue weighted by Crippen LogP contribution is -2.55. The summed E-state index contributed by atoms with van der Waals surface area (Å²) in [6.45, 7) is 25.6. The molecule has 4 aliphatic carbocycles. The molecule has 0 aromatic rings. The molecule has 4 aliphatic rings. The zero-order valence-electron chi connectivity index (χ0n) is 27.1. The quantitative estimate of drug-likeness (QED) is 0.254. The Labute approximate surface area is 236 Å². The van der Waals surface area contributed by atoms with Gasteiger partial charge in [-0.3, -0.25) is 4.79 Å². The third kappa shape index (κ3) is 5.45. The van der Waals surface area contributed by atoms with E-state index in [0.29, 0.717) is 16.7 Å². The number of allylic oxidation sites excluding steroid dienone is 4. The Hall–Kier alpha value is -1.05. The monoisotopic (exact) mass is 526 g/mol. The van der Waals surface area contributed by atoms with Crippen molar-refractivity contribution >= 4 is 5.97 Å². The normalized spacial score (nSPS) is 38.7. The Bertz CT molecular complexity index is 889. The van der Waals surface area contributed by atoms with E-state index in [1.54, 1.807) is 6.92 Å². The van der Waals surface area contributed by atoms with Gasteiger partial charge in [0.2, 0.25) is 0 Å². The minimum atomic E-state index is -0.113. The molecule has 0 bridgehead atoms. The molecule has 2 saturated carbocycles. The van der Waals surface area contributed by atoms with Crippen LogP contribution in [-0.2, 0) is 9.53 Å². The predicted octanol–water partition coefficient (Wildman–Crippen LogP) is 10.7. The summed E-state index contributed by atoms with van der Waals surface area (Å²) in [5.41, 5.74) is 4.87. The molecule has 0 amide bonds. The number of esters is 1. The maximum absolute atomic E-state index is 11.8. The second-order valence-electron chi connectivity index (χ2n) is 15.3. The number of hydrogen-bond donors (Lipinski definition) is 0. The van der Waals surface area contributed by atoms with Gasteiger partial charge in [0.1, 0.15) is 6.10 Å². The van der Waals surface area contributed by atoms with Crippen molar-refractivity contribution in [1.82, 2.24) is 0 Å². The molecule has 0 saturated heterocycles. The van der Waals surface area contributed by atoms with Crippen molar-refractivity contribution in [2.24, 2.45) is 45.3 Å². The van der Waals surface area contributed by atoms with E-state index in [2.05, 4.69) is 55.4 Å². The van der Waals surface area contributed by atoms with E-state index in [4.69, 9.17) is 4.74 Å². The van der Waals surface area contributed by atoms with E-state index >= 15 is 0 Å². The summed E-state index contributed by atoms with van der Waals surface area (Å²) in [7, 11) is 0. The Morgan fingerprint density at radius 3 is 2.13 bits per heavy atom. The minimum absolute atomic E-state index is 0.0436. The average Bonchev–Trinajstić information content (AvgIpc) is 3.12. The zero-order chi connectivity index (χ0) is 28.5. The summed E-state index contributed by atoms with van der Waals surface area (Å²) in [5, 5.41) is 0. The highest BCUT2D eigenvalue weighted by atomic mass is 16.5. The van der Waals surface area contributed by atoms with E-state index in [1.807, 2.05) is 37.1 Å². The van der Waals surface area contributed by atoms with Crippen molar-refractivity contribution in [1.29, 1.82) is 0 Å². The van der Waals surface area contributed by atoms with Gasteiger partial charge in [-0.15, -0.1) is 0 Å². The van der Waals surface area contributed by atoms with Crippen molar-refractivity contribution in [3.63, 3.8) is 0 Å². The maximum atomic E-state index is 11.8. The molecule has 0 aromatic carbocycles. The van der Waals surface area contributed by atoms with Crippen LogP contribution < -0.4 is 0 Å². The summed E-state index contributed by atoms with van der Waals surface area (Å²) >= 11 is 0. The molecule has 0 radical (unpaired) electrons. The highest BCUT2D eigenvalue weighted by Gasteiger charge is 2.63. The molecule has 0 aliphatic heterocycles. The fraction of sp³-hybridized carbons (Fsp3) is 0.861. The third-order valence-corrected chi connectivity index (χ3v) is 12.5. The highest BCUT2D eigenvalue weighted by Crippen LogP contribution is 2.72. The summed E-state index contributed by atoms with van der Waals surface area (Å²) in [6, 6.07) is 0. The lowest BCUT2D eigenvalue weighted by Gasteiger charge is -2.62. The molecule has 2 nitrogen and oxygen atoms in total. The Morgan fingerprint density at radius 1 is 0.895 bits per heavy atom. The Balaban J connectivity index is 0.000000934. The lowest BCUT2D eigenvalue weighted by atomic mass is 9.43. The molecule has 218 valence electrons. The van der Waals surface area contributed by atoms with Crippen molar-refractivity contribution in [3.8, 4) is 0 Å². The number of carbonyl (C=O) groups excluding carboxylic acids is 1. The molecule has 7 unspecified atom stereocenters. The first kappa shape index (κ1) is 31.5. The largest absolute Gasteiger partial charge is 0.462 e. The van der Waals surface area contributed by atoms with Crippen LogP contribution in [0.3, 0.4) is 0 Å². The van der Waals surface area contributed by atoms with Crippen LogP contribution in [0.25, 0.3) is 0 Å². The first-order valence-electron chi connectivity index (χ1n) is 16.2. The van der Waals surface area contributed by atoms with Crippen molar-refractivity contribution in [3.05, 3.63) is 23.3 Å². The van der Waals surface area contributed by atoms with Crippen LogP contribution in [0.15, 0.2) is 23.3 Å². The molecule has 0 aromatic heterocycles. The van der Waals surface area contributed by atoms with E-state index in [9.17, 15) is 4.79 Å². The second-order valence-corrected chi connectivity index (χ2v) is 15.3. The van der Waals surface area contributed by atoms with Gasteiger partial charge in [0.25, 0.3) is 0 Å². The summed E-state index contributed by atoms with van der Waals surface area (Å²) in [6.07, 6.45) is 18.5. The van der Waals surface area contributed by atoms with Crippen LogP contribution in [0.2, 0.25) is 0 Å². The molecule has 2 fully saturated rings. The van der Waals surface area contributed by atoms with Crippen molar-refractivity contribution < 1.29 is 9.53 Å². The number of fused-ring (bicyclic) bond motifs is 4. The Morgan fingerprint density at radius 2 is 1.55 bits per heavy atom. The van der Waals surface area contributed by atoms with Crippen LogP contribution in [-0.4, -0.2) is 12.1 Å². The number of ether oxygens (including phenoxy) is 1. The van der Waals surface area contributed by atoms with Gasteiger partial charge in [0.05, 0.1) is 0 Å². The molecule has 38 heavy (non-hydrogen) atoms. The molecular weight excluding hydrogens is 464 g/mol. The van der Waals surface area contributed by atoms with Gasteiger partial charge in [-0.25, -0.2) is 0 Å².